The van der Waals surface area contributed by atoms with Crippen molar-refractivity contribution in [3.8, 4) is 5.75 Å². The zero-order valence-corrected chi connectivity index (χ0v) is 15.4. The van der Waals surface area contributed by atoms with Crippen molar-refractivity contribution < 1.29 is 24.2 Å². The fraction of sp³-hybridized carbons (Fsp3) is 0.526. The lowest BCUT2D eigenvalue weighted by Gasteiger charge is -2.29. The molecule has 1 aliphatic heterocycles. The molecule has 0 saturated carbocycles. The van der Waals surface area contributed by atoms with E-state index in [-0.39, 0.29) is 36.8 Å². The SMILES string of the molecule is CC(C)(C)CCC(NC(=O)CCN1C(=O)COc2ccccc21)C(=O)O. The van der Waals surface area contributed by atoms with Crippen LogP contribution in [0, 0.1) is 5.41 Å². The highest BCUT2D eigenvalue weighted by Crippen LogP contribution is 2.31. The average molecular weight is 362 g/mol. The van der Waals surface area contributed by atoms with Gasteiger partial charge < -0.3 is 20.1 Å². The fourth-order valence-corrected chi connectivity index (χ4v) is 2.71. The second-order valence-corrected chi connectivity index (χ2v) is 7.61. The number of carboxylic acids is 1. The fourth-order valence-electron chi connectivity index (χ4n) is 2.71. The van der Waals surface area contributed by atoms with E-state index in [9.17, 15) is 19.5 Å². The number of carbonyl (C=O) groups excluding carboxylic acids is 2. The number of hydrogen-bond donors (Lipinski definition) is 2. The molecule has 1 unspecified atom stereocenters. The van der Waals surface area contributed by atoms with Crippen LogP contribution in [0.3, 0.4) is 0 Å². The standard InChI is InChI=1S/C19H26N2O5/c1-19(2,3)10-8-13(18(24)25)20-16(22)9-11-21-14-6-4-5-7-15(14)26-12-17(21)23/h4-7,13H,8-12H2,1-3H3,(H,20,22)(H,24,25). The van der Waals surface area contributed by atoms with Crippen molar-refractivity contribution in [2.24, 2.45) is 5.41 Å². The molecule has 2 amide bonds. The summed E-state index contributed by atoms with van der Waals surface area (Å²) in [6.07, 6.45) is 1.07. The van der Waals surface area contributed by atoms with Gasteiger partial charge in [0.05, 0.1) is 5.69 Å². The monoisotopic (exact) mass is 362 g/mol. The van der Waals surface area contributed by atoms with E-state index in [4.69, 9.17) is 4.74 Å². The van der Waals surface area contributed by atoms with Crippen LogP contribution >= 0.6 is 0 Å². The maximum Gasteiger partial charge on any atom is 0.326 e. The number of nitrogens with zero attached hydrogens (tertiary/aromatic N) is 1. The van der Waals surface area contributed by atoms with E-state index in [1.807, 2.05) is 26.8 Å². The molecule has 1 aromatic rings. The van der Waals surface area contributed by atoms with Crippen molar-refractivity contribution >= 4 is 23.5 Å². The maximum atomic E-state index is 12.2. The van der Waals surface area contributed by atoms with Gasteiger partial charge in [-0.25, -0.2) is 4.79 Å². The number of fused-ring (bicyclic) bond motifs is 1. The van der Waals surface area contributed by atoms with Crippen LogP contribution in [0.4, 0.5) is 5.69 Å². The second-order valence-electron chi connectivity index (χ2n) is 7.61. The summed E-state index contributed by atoms with van der Waals surface area (Å²) < 4.78 is 5.36. The zero-order valence-electron chi connectivity index (χ0n) is 15.4. The molecule has 1 aromatic carbocycles. The topological polar surface area (TPSA) is 95.9 Å². The Hall–Kier alpha value is -2.57. The lowest BCUT2D eigenvalue weighted by atomic mass is 9.88. The highest BCUT2D eigenvalue weighted by atomic mass is 16.5. The first-order valence-corrected chi connectivity index (χ1v) is 8.72. The van der Waals surface area contributed by atoms with Gasteiger partial charge in [-0.05, 0) is 30.4 Å². The van der Waals surface area contributed by atoms with Gasteiger partial charge in [0.2, 0.25) is 5.91 Å². The Morgan fingerprint density at radius 3 is 2.65 bits per heavy atom. The predicted molar refractivity (Wildman–Crippen MR) is 97.2 cm³/mol. The minimum Gasteiger partial charge on any atom is -0.482 e. The Bertz CT molecular complexity index is 681. The summed E-state index contributed by atoms with van der Waals surface area (Å²) in [5, 5.41) is 11.9. The molecule has 7 nitrogen and oxygen atoms in total. The van der Waals surface area contributed by atoms with Crippen LogP contribution < -0.4 is 15.0 Å². The molecule has 0 fully saturated rings. The molecule has 1 heterocycles. The minimum atomic E-state index is -1.05. The number of carboxylic acid groups (broad SMARTS) is 1. The molecule has 7 heteroatoms. The van der Waals surface area contributed by atoms with Crippen LogP contribution in [-0.4, -0.2) is 42.1 Å². The number of benzene rings is 1. The molecule has 0 bridgehead atoms. The first kappa shape index (κ1) is 19.8. The first-order valence-electron chi connectivity index (χ1n) is 8.72. The van der Waals surface area contributed by atoms with E-state index in [2.05, 4.69) is 5.32 Å². The quantitative estimate of drug-likeness (QED) is 0.775. The molecule has 1 aliphatic rings. The zero-order chi connectivity index (χ0) is 19.3. The molecule has 2 N–H and O–H groups in total. The predicted octanol–water partition coefficient (Wildman–Crippen LogP) is 2.20. The molecule has 0 spiro atoms. The van der Waals surface area contributed by atoms with E-state index >= 15 is 0 Å². The Kier molecular flexibility index (Phi) is 6.23. The Labute approximate surface area is 153 Å². The van der Waals surface area contributed by atoms with Crippen LogP contribution in [0.15, 0.2) is 24.3 Å². The van der Waals surface area contributed by atoms with Gasteiger partial charge in [-0.3, -0.25) is 9.59 Å². The molecule has 0 radical (unpaired) electrons. The lowest BCUT2D eigenvalue weighted by molar-refractivity contribution is -0.142. The Morgan fingerprint density at radius 2 is 2.00 bits per heavy atom. The molecule has 0 aromatic heterocycles. The van der Waals surface area contributed by atoms with Crippen molar-refractivity contribution in [1.29, 1.82) is 0 Å². The van der Waals surface area contributed by atoms with Crippen molar-refractivity contribution in [3.63, 3.8) is 0 Å². The minimum absolute atomic E-state index is 0.0115. The number of carbonyl (C=O) groups is 3. The third kappa shape index (κ3) is 5.47. The number of nitrogens with one attached hydrogen (secondary N) is 1. The molecule has 2 rings (SSSR count). The summed E-state index contributed by atoms with van der Waals surface area (Å²) in [6.45, 7) is 6.18. The number of aliphatic carboxylic acids is 1. The van der Waals surface area contributed by atoms with Crippen LogP contribution in [-0.2, 0) is 14.4 Å². The molecular weight excluding hydrogens is 336 g/mol. The van der Waals surface area contributed by atoms with E-state index < -0.39 is 12.0 Å². The van der Waals surface area contributed by atoms with Crippen LogP contribution in [0.25, 0.3) is 0 Å². The number of ether oxygens (including phenoxy) is 1. The number of para-hydroxylation sites is 2. The van der Waals surface area contributed by atoms with Gasteiger partial charge in [-0.2, -0.15) is 0 Å². The summed E-state index contributed by atoms with van der Waals surface area (Å²) in [7, 11) is 0. The second kappa shape index (κ2) is 8.21. The van der Waals surface area contributed by atoms with E-state index in [1.165, 1.54) is 4.90 Å². The maximum absolute atomic E-state index is 12.2. The third-order valence-corrected chi connectivity index (χ3v) is 4.19. The number of anilines is 1. The van der Waals surface area contributed by atoms with Crippen molar-refractivity contribution in [2.45, 2.75) is 46.1 Å². The first-order chi connectivity index (χ1) is 12.2. The highest BCUT2D eigenvalue weighted by Gasteiger charge is 2.27. The highest BCUT2D eigenvalue weighted by molar-refractivity contribution is 5.98. The van der Waals surface area contributed by atoms with Gasteiger partial charge in [-0.1, -0.05) is 32.9 Å². The Morgan fingerprint density at radius 1 is 1.31 bits per heavy atom. The Balaban J connectivity index is 1.93. The van der Waals surface area contributed by atoms with Crippen LogP contribution in [0.5, 0.6) is 5.75 Å². The summed E-state index contributed by atoms with van der Waals surface area (Å²) in [5.41, 5.74) is 0.613. The van der Waals surface area contributed by atoms with Crippen molar-refractivity contribution in [1.82, 2.24) is 5.32 Å². The molecule has 142 valence electrons. The van der Waals surface area contributed by atoms with E-state index in [1.54, 1.807) is 18.2 Å². The van der Waals surface area contributed by atoms with Crippen molar-refractivity contribution in [3.05, 3.63) is 24.3 Å². The summed E-state index contributed by atoms with van der Waals surface area (Å²) >= 11 is 0. The largest absolute Gasteiger partial charge is 0.482 e. The molecular formula is C19H26N2O5. The van der Waals surface area contributed by atoms with E-state index in [0.717, 1.165) is 0 Å². The normalized spacial score (nSPS) is 15.0. The van der Waals surface area contributed by atoms with Gasteiger partial charge in [0, 0.05) is 13.0 Å². The van der Waals surface area contributed by atoms with Gasteiger partial charge >= 0.3 is 5.97 Å². The van der Waals surface area contributed by atoms with Crippen LogP contribution in [0.2, 0.25) is 0 Å². The molecule has 26 heavy (non-hydrogen) atoms. The summed E-state index contributed by atoms with van der Waals surface area (Å²) in [6, 6.07) is 6.21. The van der Waals surface area contributed by atoms with Gasteiger partial charge in [-0.15, -0.1) is 0 Å². The number of rotatable bonds is 7. The summed E-state index contributed by atoms with van der Waals surface area (Å²) in [4.78, 5) is 37.2. The average Bonchev–Trinajstić information content (AvgIpc) is 2.56. The number of hydrogen-bond acceptors (Lipinski definition) is 4. The third-order valence-electron chi connectivity index (χ3n) is 4.19. The lowest BCUT2D eigenvalue weighted by Crippen LogP contribution is -2.44. The number of amides is 2. The smallest absolute Gasteiger partial charge is 0.326 e. The van der Waals surface area contributed by atoms with Crippen LogP contribution in [0.1, 0.15) is 40.0 Å². The van der Waals surface area contributed by atoms with E-state index in [0.29, 0.717) is 24.3 Å². The van der Waals surface area contributed by atoms with Gasteiger partial charge in [0.1, 0.15) is 11.8 Å². The molecule has 1 atom stereocenters. The molecule has 0 aliphatic carbocycles. The summed E-state index contributed by atoms with van der Waals surface area (Å²) in [5.74, 6) is -1.06. The van der Waals surface area contributed by atoms with Gasteiger partial charge in [0.15, 0.2) is 6.61 Å². The van der Waals surface area contributed by atoms with Crippen molar-refractivity contribution in [2.75, 3.05) is 18.1 Å². The van der Waals surface area contributed by atoms with Gasteiger partial charge in [0.25, 0.3) is 5.91 Å². The molecule has 0 saturated heterocycles.